The molecule has 0 fully saturated rings. The molecule has 3 aromatic rings. The lowest BCUT2D eigenvalue weighted by Crippen LogP contribution is -2.36. The lowest BCUT2D eigenvalue weighted by molar-refractivity contribution is 0.122. The van der Waals surface area contributed by atoms with Gasteiger partial charge in [-0.25, -0.2) is 18.9 Å². The van der Waals surface area contributed by atoms with Crippen molar-refractivity contribution in [3.63, 3.8) is 0 Å². The summed E-state index contributed by atoms with van der Waals surface area (Å²) in [5.41, 5.74) is 1.50. The Hall–Kier alpha value is -2.58. The van der Waals surface area contributed by atoms with Gasteiger partial charge in [-0.15, -0.1) is 0 Å². The lowest BCUT2D eigenvalue weighted by atomic mass is 9.96. The molecule has 0 aliphatic carbocycles. The number of nitrogens with zero attached hydrogens (tertiary/aromatic N) is 4. The quantitative estimate of drug-likeness (QED) is 0.452. The van der Waals surface area contributed by atoms with Crippen LogP contribution in [0.3, 0.4) is 0 Å². The zero-order chi connectivity index (χ0) is 22.8. The summed E-state index contributed by atoms with van der Waals surface area (Å²) in [5, 5.41) is 15.2. The molecular formula is C22H24ClFN4O2S. The van der Waals surface area contributed by atoms with Crippen LogP contribution in [-0.2, 0) is 6.54 Å². The Morgan fingerprint density at radius 2 is 2.00 bits per heavy atom. The Bertz CT molecular complexity index is 1080. The van der Waals surface area contributed by atoms with Crippen LogP contribution in [0.1, 0.15) is 32.0 Å². The molecule has 2 heterocycles. The maximum Gasteiger partial charge on any atom is 0.407 e. The van der Waals surface area contributed by atoms with Crippen molar-refractivity contribution in [2.75, 3.05) is 6.54 Å². The van der Waals surface area contributed by atoms with Crippen LogP contribution in [0.5, 0.6) is 0 Å². The summed E-state index contributed by atoms with van der Waals surface area (Å²) in [7, 11) is 0. The van der Waals surface area contributed by atoms with Crippen LogP contribution in [-0.4, -0.2) is 37.4 Å². The SMILES string of the molecule is Cc1ccc(F)c(-n2nc(CN(CC(C)(C)C)C(=O)O)cc2Sc2ccc(Cl)nc2)c1. The van der Waals surface area contributed by atoms with Gasteiger partial charge in [-0.2, -0.15) is 5.10 Å². The van der Waals surface area contributed by atoms with E-state index in [1.54, 1.807) is 30.5 Å². The molecule has 0 saturated carbocycles. The minimum Gasteiger partial charge on any atom is -0.465 e. The van der Waals surface area contributed by atoms with Gasteiger partial charge in [-0.3, -0.25) is 0 Å². The zero-order valence-electron chi connectivity index (χ0n) is 17.8. The van der Waals surface area contributed by atoms with Crippen LogP contribution < -0.4 is 0 Å². The number of aryl methyl sites for hydroxylation is 1. The molecule has 9 heteroatoms. The smallest absolute Gasteiger partial charge is 0.407 e. The third kappa shape index (κ3) is 6.21. The number of amides is 1. The summed E-state index contributed by atoms with van der Waals surface area (Å²) in [6.07, 6.45) is 0.599. The number of benzene rings is 1. The summed E-state index contributed by atoms with van der Waals surface area (Å²) in [5.74, 6) is -0.416. The molecule has 1 amide bonds. The zero-order valence-corrected chi connectivity index (χ0v) is 19.3. The monoisotopic (exact) mass is 462 g/mol. The van der Waals surface area contributed by atoms with E-state index in [2.05, 4.69) is 10.1 Å². The molecule has 3 rings (SSSR count). The molecule has 0 aliphatic heterocycles. The molecule has 0 aliphatic rings. The summed E-state index contributed by atoms with van der Waals surface area (Å²) < 4.78 is 16.2. The first-order chi connectivity index (χ1) is 14.5. The maximum absolute atomic E-state index is 14.6. The van der Waals surface area contributed by atoms with E-state index in [1.165, 1.54) is 27.4 Å². The molecule has 0 spiro atoms. The van der Waals surface area contributed by atoms with Crippen molar-refractivity contribution in [2.24, 2.45) is 5.41 Å². The highest BCUT2D eigenvalue weighted by Gasteiger charge is 2.23. The van der Waals surface area contributed by atoms with Gasteiger partial charge in [0, 0.05) is 17.6 Å². The highest BCUT2D eigenvalue weighted by molar-refractivity contribution is 7.99. The predicted octanol–water partition coefficient (Wildman–Crippen LogP) is 6.05. The van der Waals surface area contributed by atoms with Crippen LogP contribution in [0, 0.1) is 18.2 Å². The fourth-order valence-electron chi connectivity index (χ4n) is 3.02. The number of carbonyl (C=O) groups is 1. The van der Waals surface area contributed by atoms with E-state index in [4.69, 9.17) is 11.6 Å². The fraction of sp³-hybridized carbons (Fsp3) is 0.318. The Kier molecular flexibility index (Phi) is 6.91. The second-order valence-electron chi connectivity index (χ2n) is 8.46. The van der Waals surface area contributed by atoms with E-state index in [0.29, 0.717) is 28.1 Å². The van der Waals surface area contributed by atoms with E-state index in [-0.39, 0.29) is 12.0 Å². The van der Waals surface area contributed by atoms with Gasteiger partial charge in [-0.1, -0.05) is 50.2 Å². The van der Waals surface area contributed by atoms with Gasteiger partial charge in [0.25, 0.3) is 0 Å². The van der Waals surface area contributed by atoms with Crippen molar-refractivity contribution in [1.29, 1.82) is 0 Å². The Morgan fingerprint density at radius 1 is 1.26 bits per heavy atom. The predicted molar refractivity (Wildman–Crippen MR) is 120 cm³/mol. The van der Waals surface area contributed by atoms with E-state index in [0.717, 1.165) is 10.5 Å². The number of aromatic nitrogens is 3. The van der Waals surface area contributed by atoms with E-state index in [9.17, 15) is 14.3 Å². The highest BCUT2D eigenvalue weighted by Crippen LogP contribution is 2.32. The summed E-state index contributed by atoms with van der Waals surface area (Å²) in [4.78, 5) is 18.0. The minimum atomic E-state index is -1.03. The first-order valence-corrected chi connectivity index (χ1v) is 10.8. The Labute approximate surface area is 190 Å². The van der Waals surface area contributed by atoms with Gasteiger partial charge in [0.2, 0.25) is 0 Å². The van der Waals surface area contributed by atoms with E-state index >= 15 is 0 Å². The van der Waals surface area contributed by atoms with Crippen LogP contribution in [0.25, 0.3) is 5.69 Å². The second kappa shape index (κ2) is 9.28. The molecule has 0 atom stereocenters. The molecule has 2 aromatic heterocycles. The first-order valence-electron chi connectivity index (χ1n) is 9.64. The highest BCUT2D eigenvalue weighted by atomic mass is 35.5. The molecule has 1 N–H and O–H groups in total. The number of halogens is 2. The number of hydrogen-bond acceptors (Lipinski definition) is 4. The second-order valence-corrected chi connectivity index (χ2v) is 9.94. The maximum atomic E-state index is 14.6. The average molecular weight is 463 g/mol. The van der Waals surface area contributed by atoms with Crippen molar-refractivity contribution in [2.45, 2.75) is 44.2 Å². The normalized spacial score (nSPS) is 11.5. The first kappa shape index (κ1) is 23.1. The van der Waals surface area contributed by atoms with Crippen molar-refractivity contribution in [1.82, 2.24) is 19.7 Å². The molecule has 0 radical (unpaired) electrons. The van der Waals surface area contributed by atoms with Crippen LogP contribution in [0.15, 0.2) is 52.5 Å². The third-order valence-electron chi connectivity index (χ3n) is 4.27. The molecule has 6 nitrogen and oxygen atoms in total. The summed E-state index contributed by atoms with van der Waals surface area (Å²) in [6.45, 7) is 8.23. The average Bonchev–Trinajstić information content (AvgIpc) is 3.06. The minimum absolute atomic E-state index is 0.0967. The fourth-order valence-corrected chi connectivity index (χ4v) is 4.04. The molecule has 31 heavy (non-hydrogen) atoms. The molecule has 0 unspecified atom stereocenters. The van der Waals surface area contributed by atoms with Crippen LogP contribution in [0.4, 0.5) is 9.18 Å². The molecule has 0 saturated heterocycles. The van der Waals surface area contributed by atoms with Gasteiger partial charge >= 0.3 is 6.09 Å². The van der Waals surface area contributed by atoms with Crippen molar-refractivity contribution in [3.05, 3.63) is 64.8 Å². The number of rotatable bonds is 6. The van der Waals surface area contributed by atoms with Crippen LogP contribution in [0.2, 0.25) is 5.15 Å². The molecular weight excluding hydrogens is 439 g/mol. The van der Waals surface area contributed by atoms with Gasteiger partial charge < -0.3 is 10.0 Å². The van der Waals surface area contributed by atoms with Gasteiger partial charge in [-0.05, 0) is 48.2 Å². The molecule has 0 bridgehead atoms. The van der Waals surface area contributed by atoms with Crippen molar-refractivity contribution < 1.29 is 14.3 Å². The van der Waals surface area contributed by atoms with Crippen LogP contribution >= 0.6 is 23.4 Å². The van der Waals surface area contributed by atoms with Gasteiger partial charge in [0.1, 0.15) is 21.7 Å². The lowest BCUT2D eigenvalue weighted by Gasteiger charge is -2.27. The largest absolute Gasteiger partial charge is 0.465 e. The summed E-state index contributed by atoms with van der Waals surface area (Å²) >= 11 is 7.22. The number of pyridine rings is 1. The molecule has 1 aromatic carbocycles. The number of carboxylic acid groups (broad SMARTS) is 1. The van der Waals surface area contributed by atoms with Crippen molar-refractivity contribution in [3.8, 4) is 5.69 Å². The Morgan fingerprint density at radius 3 is 2.61 bits per heavy atom. The standard InChI is InChI=1S/C22H24ClFN4O2S/c1-14-5-7-17(24)18(9-14)28-20(31-16-6-8-19(23)25-11-16)10-15(26-28)12-27(21(29)30)13-22(2,3)4/h5-11H,12-13H2,1-4H3,(H,29,30). The van der Waals surface area contributed by atoms with Gasteiger partial charge in [0.05, 0.1) is 12.2 Å². The summed E-state index contributed by atoms with van der Waals surface area (Å²) in [6, 6.07) is 10.1. The number of hydrogen-bond donors (Lipinski definition) is 1. The third-order valence-corrected chi connectivity index (χ3v) is 5.47. The Balaban J connectivity index is 2.01. The van der Waals surface area contributed by atoms with E-state index < -0.39 is 11.9 Å². The van der Waals surface area contributed by atoms with Crippen molar-refractivity contribution >= 4 is 29.5 Å². The van der Waals surface area contributed by atoms with E-state index in [1.807, 2.05) is 33.8 Å². The van der Waals surface area contributed by atoms with Gasteiger partial charge in [0.15, 0.2) is 0 Å². The topological polar surface area (TPSA) is 71.2 Å². The molecule has 164 valence electrons.